The molecule has 3 aromatic rings. The highest BCUT2D eigenvalue weighted by molar-refractivity contribution is 7.59. The van der Waals surface area contributed by atoms with Gasteiger partial charge in [-0.15, -0.1) is 0 Å². The van der Waals surface area contributed by atoms with Crippen molar-refractivity contribution in [3.8, 4) is 17.0 Å². The molecule has 0 saturated carbocycles. The second-order valence-corrected chi connectivity index (χ2v) is 7.22. The number of aromatic nitrogens is 3. The number of rotatable bonds is 10. The fourth-order valence-corrected chi connectivity index (χ4v) is 3.23. The van der Waals surface area contributed by atoms with Crippen LogP contribution in [0.15, 0.2) is 55.0 Å². The minimum atomic E-state index is -0.726. The molecule has 0 aliphatic heterocycles. The van der Waals surface area contributed by atoms with Crippen molar-refractivity contribution in [3.63, 3.8) is 0 Å². The largest absolute Gasteiger partial charge is 0.496 e. The molecule has 166 valence electrons. The fourth-order valence-electron chi connectivity index (χ4n) is 3.23. The van der Waals surface area contributed by atoms with Gasteiger partial charge in [0.05, 0.1) is 25.5 Å². The zero-order valence-electron chi connectivity index (χ0n) is 17.8. The van der Waals surface area contributed by atoms with Crippen LogP contribution in [0.4, 0.5) is 5.82 Å². The summed E-state index contributed by atoms with van der Waals surface area (Å²) >= 11 is 0. The monoisotopic (exact) mass is 442 g/mol. The normalized spacial score (nSPS) is 12.5. The molecule has 31 heavy (non-hydrogen) atoms. The zero-order chi connectivity index (χ0) is 21.3. The van der Waals surface area contributed by atoms with Gasteiger partial charge in [-0.25, -0.2) is 9.97 Å². The molecular formula is C23H30N4O3S. The standard InChI is InChI=1S/C23H28N4O3.H2S/c1-16(20-5-3-4-6-22(20)30-2)13-25-23-12-21(26-15-27-23)17-9-10-24-18(11-17)7-8-19(29)14-28;/h3-6,9-12,15-16,19,28-29H,7-8,13-14H2,1-2H3,(H,25,26,27);1H2/t16-,19+;/m1./s1. The Balaban J connectivity index is 0.00000341. The number of nitrogens with one attached hydrogen (secondary N) is 1. The van der Waals surface area contributed by atoms with E-state index in [0.717, 1.165) is 34.1 Å². The number of anilines is 1. The molecular weight excluding hydrogens is 412 g/mol. The summed E-state index contributed by atoms with van der Waals surface area (Å²) in [4.78, 5) is 13.1. The summed E-state index contributed by atoms with van der Waals surface area (Å²) in [6.45, 7) is 2.61. The molecule has 0 aliphatic carbocycles. The molecule has 7 nitrogen and oxygen atoms in total. The number of aryl methyl sites for hydroxylation is 1. The molecule has 2 heterocycles. The van der Waals surface area contributed by atoms with Gasteiger partial charge in [0.1, 0.15) is 17.9 Å². The van der Waals surface area contributed by atoms with Crippen LogP contribution < -0.4 is 10.1 Å². The molecule has 0 spiro atoms. The van der Waals surface area contributed by atoms with Crippen molar-refractivity contribution in [1.29, 1.82) is 0 Å². The third-order valence-electron chi connectivity index (χ3n) is 4.98. The van der Waals surface area contributed by atoms with Gasteiger partial charge in [0.15, 0.2) is 0 Å². The SMILES string of the molecule is COc1ccccc1[C@H](C)CNc1cc(-c2ccnc(CC[C@H](O)CO)c2)ncn1.S. The van der Waals surface area contributed by atoms with Crippen LogP contribution in [0.5, 0.6) is 5.75 Å². The fraction of sp³-hybridized carbons (Fsp3) is 0.348. The number of ether oxygens (including phenoxy) is 1. The van der Waals surface area contributed by atoms with Gasteiger partial charge in [-0.2, -0.15) is 13.5 Å². The second-order valence-electron chi connectivity index (χ2n) is 7.22. The Morgan fingerprint density at radius 1 is 1.10 bits per heavy atom. The summed E-state index contributed by atoms with van der Waals surface area (Å²) in [5.41, 5.74) is 3.72. The van der Waals surface area contributed by atoms with Crippen LogP contribution in [0, 0.1) is 0 Å². The highest BCUT2D eigenvalue weighted by Crippen LogP contribution is 2.26. The Hall–Kier alpha value is -2.68. The molecule has 1 aromatic carbocycles. The van der Waals surface area contributed by atoms with Crippen molar-refractivity contribution < 1.29 is 14.9 Å². The number of methoxy groups -OCH3 is 1. The topological polar surface area (TPSA) is 100 Å². The van der Waals surface area contributed by atoms with E-state index in [1.807, 2.05) is 36.4 Å². The molecule has 0 fully saturated rings. The first kappa shape index (κ1) is 24.6. The summed E-state index contributed by atoms with van der Waals surface area (Å²) < 4.78 is 5.46. The maximum atomic E-state index is 9.55. The second kappa shape index (κ2) is 12.2. The van der Waals surface area contributed by atoms with E-state index in [9.17, 15) is 5.11 Å². The van der Waals surface area contributed by atoms with Crippen LogP contribution in [0.1, 0.15) is 30.5 Å². The van der Waals surface area contributed by atoms with Gasteiger partial charge in [-0.1, -0.05) is 25.1 Å². The van der Waals surface area contributed by atoms with Gasteiger partial charge in [-0.3, -0.25) is 4.98 Å². The van der Waals surface area contributed by atoms with Crippen molar-refractivity contribution in [3.05, 3.63) is 66.2 Å². The van der Waals surface area contributed by atoms with Gasteiger partial charge in [0.25, 0.3) is 0 Å². The Morgan fingerprint density at radius 2 is 1.90 bits per heavy atom. The zero-order valence-corrected chi connectivity index (χ0v) is 18.8. The predicted molar refractivity (Wildman–Crippen MR) is 127 cm³/mol. The Kier molecular flexibility index (Phi) is 9.71. The first-order valence-corrected chi connectivity index (χ1v) is 10.0. The average Bonchev–Trinajstić information content (AvgIpc) is 2.81. The number of para-hydroxylation sites is 1. The summed E-state index contributed by atoms with van der Waals surface area (Å²) in [5, 5.41) is 21.9. The van der Waals surface area contributed by atoms with Crippen molar-refractivity contribution >= 4 is 19.3 Å². The van der Waals surface area contributed by atoms with E-state index in [0.29, 0.717) is 19.4 Å². The molecule has 2 aromatic heterocycles. The van der Waals surface area contributed by atoms with E-state index in [-0.39, 0.29) is 26.0 Å². The molecule has 3 N–H and O–H groups in total. The van der Waals surface area contributed by atoms with Crippen LogP contribution in [-0.2, 0) is 6.42 Å². The van der Waals surface area contributed by atoms with E-state index in [2.05, 4.69) is 33.3 Å². The highest BCUT2D eigenvalue weighted by atomic mass is 32.1. The third-order valence-corrected chi connectivity index (χ3v) is 4.98. The number of aliphatic hydroxyl groups excluding tert-OH is 2. The van der Waals surface area contributed by atoms with Gasteiger partial charge >= 0.3 is 0 Å². The summed E-state index contributed by atoms with van der Waals surface area (Å²) in [6, 6.07) is 13.8. The first-order valence-electron chi connectivity index (χ1n) is 10.0. The minimum absolute atomic E-state index is 0. The lowest BCUT2D eigenvalue weighted by atomic mass is 10.00. The quantitative estimate of drug-likeness (QED) is 0.443. The van der Waals surface area contributed by atoms with E-state index >= 15 is 0 Å². The molecule has 0 amide bonds. The van der Waals surface area contributed by atoms with E-state index < -0.39 is 6.10 Å². The van der Waals surface area contributed by atoms with Crippen molar-refractivity contribution in [2.75, 3.05) is 25.6 Å². The third kappa shape index (κ3) is 6.92. The molecule has 3 rings (SSSR count). The number of hydrogen-bond donors (Lipinski definition) is 3. The minimum Gasteiger partial charge on any atom is -0.496 e. The average molecular weight is 443 g/mol. The number of aliphatic hydroxyl groups is 2. The van der Waals surface area contributed by atoms with Gasteiger partial charge in [0.2, 0.25) is 0 Å². The summed E-state index contributed by atoms with van der Waals surface area (Å²) in [5.74, 6) is 1.87. The Morgan fingerprint density at radius 3 is 2.68 bits per heavy atom. The number of benzene rings is 1. The Bertz CT molecular complexity index is 957. The summed E-state index contributed by atoms with van der Waals surface area (Å²) in [7, 11) is 1.68. The number of hydrogen-bond acceptors (Lipinski definition) is 7. The smallest absolute Gasteiger partial charge is 0.129 e. The van der Waals surface area contributed by atoms with Crippen molar-refractivity contribution in [2.45, 2.75) is 31.8 Å². The van der Waals surface area contributed by atoms with Gasteiger partial charge in [-0.05, 0) is 36.6 Å². The maximum absolute atomic E-state index is 9.55. The predicted octanol–water partition coefficient (Wildman–Crippen LogP) is 3.16. The highest BCUT2D eigenvalue weighted by Gasteiger charge is 2.12. The Labute approximate surface area is 190 Å². The lowest BCUT2D eigenvalue weighted by Gasteiger charge is -2.16. The molecule has 8 heteroatoms. The maximum Gasteiger partial charge on any atom is 0.129 e. The molecule has 0 radical (unpaired) electrons. The molecule has 0 unspecified atom stereocenters. The lowest BCUT2D eigenvalue weighted by Crippen LogP contribution is -2.13. The van der Waals surface area contributed by atoms with Crippen LogP contribution in [0.3, 0.4) is 0 Å². The van der Waals surface area contributed by atoms with E-state index in [4.69, 9.17) is 9.84 Å². The van der Waals surface area contributed by atoms with Crippen LogP contribution in [-0.4, -0.2) is 51.5 Å². The van der Waals surface area contributed by atoms with Crippen molar-refractivity contribution in [1.82, 2.24) is 15.0 Å². The number of pyridine rings is 1. The van der Waals surface area contributed by atoms with Gasteiger partial charge < -0.3 is 20.3 Å². The van der Waals surface area contributed by atoms with Crippen molar-refractivity contribution in [2.24, 2.45) is 0 Å². The lowest BCUT2D eigenvalue weighted by molar-refractivity contribution is 0.0884. The van der Waals surface area contributed by atoms with E-state index in [1.54, 1.807) is 19.6 Å². The molecule has 0 aliphatic rings. The van der Waals surface area contributed by atoms with E-state index in [1.165, 1.54) is 0 Å². The van der Waals surface area contributed by atoms with Crippen LogP contribution in [0.25, 0.3) is 11.3 Å². The molecule has 0 saturated heterocycles. The van der Waals surface area contributed by atoms with Crippen LogP contribution in [0.2, 0.25) is 0 Å². The first-order chi connectivity index (χ1) is 14.6. The molecule has 0 bridgehead atoms. The summed E-state index contributed by atoms with van der Waals surface area (Å²) in [6.07, 6.45) is 3.60. The van der Waals surface area contributed by atoms with Crippen LogP contribution >= 0.6 is 13.5 Å². The van der Waals surface area contributed by atoms with Gasteiger partial charge in [0, 0.05) is 36.0 Å². The number of nitrogens with zero attached hydrogens (tertiary/aromatic N) is 3. The molecule has 2 atom stereocenters.